The number of aryl methyl sites for hydroxylation is 1. The SMILES string of the molecule is Cc1ccc2c(C(=O)c3ccc(N)cc3Cl)c[nH]c2c1. The number of rotatable bonds is 2. The third kappa shape index (κ3) is 2.06. The van der Waals surface area contributed by atoms with Gasteiger partial charge in [-0.05, 0) is 36.8 Å². The van der Waals surface area contributed by atoms with E-state index in [2.05, 4.69) is 4.98 Å². The van der Waals surface area contributed by atoms with Gasteiger partial charge in [0.25, 0.3) is 0 Å². The first kappa shape index (κ1) is 12.8. The number of carbonyl (C=O) groups excluding carboxylic acids is 1. The van der Waals surface area contributed by atoms with Crippen LogP contribution in [0.15, 0.2) is 42.6 Å². The second kappa shape index (κ2) is 4.69. The summed E-state index contributed by atoms with van der Waals surface area (Å²) < 4.78 is 0. The summed E-state index contributed by atoms with van der Waals surface area (Å²) in [4.78, 5) is 15.7. The molecule has 0 unspecified atom stereocenters. The van der Waals surface area contributed by atoms with E-state index < -0.39 is 0 Å². The van der Waals surface area contributed by atoms with E-state index in [-0.39, 0.29) is 5.78 Å². The number of nitrogens with two attached hydrogens (primary N) is 1. The van der Waals surface area contributed by atoms with Crippen LogP contribution in [0.25, 0.3) is 10.9 Å². The van der Waals surface area contributed by atoms with E-state index in [1.807, 2.05) is 25.1 Å². The molecule has 0 amide bonds. The van der Waals surface area contributed by atoms with Crippen LogP contribution in [0.1, 0.15) is 21.5 Å². The summed E-state index contributed by atoms with van der Waals surface area (Å²) in [5.74, 6) is -0.106. The Hall–Kier alpha value is -2.26. The van der Waals surface area contributed by atoms with Crippen molar-refractivity contribution in [2.24, 2.45) is 0 Å². The number of aromatic nitrogens is 1. The van der Waals surface area contributed by atoms with Crippen LogP contribution in [0.3, 0.4) is 0 Å². The Labute approximate surface area is 121 Å². The molecule has 0 radical (unpaired) electrons. The van der Waals surface area contributed by atoms with Crippen LogP contribution in [0, 0.1) is 6.92 Å². The molecule has 0 aliphatic heterocycles. The maximum atomic E-state index is 12.6. The van der Waals surface area contributed by atoms with Crippen LogP contribution >= 0.6 is 11.6 Å². The van der Waals surface area contributed by atoms with E-state index in [0.717, 1.165) is 16.5 Å². The molecule has 1 aromatic heterocycles. The Morgan fingerprint density at radius 3 is 2.70 bits per heavy atom. The van der Waals surface area contributed by atoms with E-state index in [1.165, 1.54) is 0 Å². The highest BCUT2D eigenvalue weighted by molar-refractivity contribution is 6.35. The Morgan fingerprint density at radius 2 is 1.95 bits per heavy atom. The van der Waals surface area contributed by atoms with Crippen LogP contribution in [-0.2, 0) is 0 Å². The van der Waals surface area contributed by atoms with E-state index in [4.69, 9.17) is 17.3 Å². The quantitative estimate of drug-likeness (QED) is 0.553. The van der Waals surface area contributed by atoms with Gasteiger partial charge in [0.15, 0.2) is 5.78 Å². The second-order valence-electron chi connectivity index (χ2n) is 4.82. The number of nitrogens with one attached hydrogen (secondary N) is 1. The molecule has 0 fully saturated rings. The molecule has 3 rings (SSSR count). The molecule has 1 heterocycles. The minimum atomic E-state index is -0.106. The maximum absolute atomic E-state index is 12.6. The summed E-state index contributed by atoms with van der Waals surface area (Å²) in [6, 6.07) is 10.9. The zero-order valence-corrected chi connectivity index (χ0v) is 11.7. The molecular formula is C16H13ClN2O. The smallest absolute Gasteiger partial charge is 0.196 e. The molecule has 0 aliphatic carbocycles. The summed E-state index contributed by atoms with van der Waals surface area (Å²) in [7, 11) is 0. The first-order chi connectivity index (χ1) is 9.56. The lowest BCUT2D eigenvalue weighted by atomic mass is 10.0. The molecule has 100 valence electrons. The van der Waals surface area contributed by atoms with Crippen molar-refractivity contribution >= 4 is 34.0 Å². The number of nitrogen functional groups attached to an aromatic ring is 1. The summed E-state index contributed by atoms with van der Waals surface area (Å²) in [6.07, 6.45) is 1.72. The number of benzene rings is 2. The molecule has 0 atom stereocenters. The molecule has 3 N–H and O–H groups in total. The molecule has 0 aliphatic rings. The molecule has 0 saturated heterocycles. The normalized spacial score (nSPS) is 10.9. The number of anilines is 1. The molecule has 0 saturated carbocycles. The van der Waals surface area contributed by atoms with Crippen molar-refractivity contribution in [2.75, 3.05) is 5.73 Å². The summed E-state index contributed by atoms with van der Waals surface area (Å²) in [5.41, 5.74) is 9.36. The number of halogens is 1. The fourth-order valence-electron chi connectivity index (χ4n) is 2.29. The predicted molar refractivity (Wildman–Crippen MR) is 82.3 cm³/mol. The average Bonchev–Trinajstić information content (AvgIpc) is 2.80. The van der Waals surface area contributed by atoms with Crippen molar-refractivity contribution in [3.63, 3.8) is 0 Å². The molecule has 0 spiro atoms. The number of hydrogen-bond acceptors (Lipinski definition) is 2. The van der Waals surface area contributed by atoms with Crippen LogP contribution in [-0.4, -0.2) is 10.8 Å². The van der Waals surface area contributed by atoms with Crippen molar-refractivity contribution in [2.45, 2.75) is 6.92 Å². The molecular weight excluding hydrogens is 272 g/mol. The lowest BCUT2D eigenvalue weighted by molar-refractivity contribution is 0.104. The van der Waals surface area contributed by atoms with Crippen LogP contribution in [0.5, 0.6) is 0 Å². The Kier molecular flexibility index (Phi) is 2.99. The van der Waals surface area contributed by atoms with Gasteiger partial charge < -0.3 is 10.7 Å². The third-order valence-corrected chi connectivity index (χ3v) is 3.63. The topological polar surface area (TPSA) is 58.9 Å². The maximum Gasteiger partial charge on any atom is 0.196 e. The number of H-pyrrole nitrogens is 1. The van der Waals surface area contributed by atoms with Gasteiger partial charge in [0.2, 0.25) is 0 Å². The van der Waals surface area contributed by atoms with Crippen LogP contribution in [0.2, 0.25) is 5.02 Å². The average molecular weight is 285 g/mol. The number of fused-ring (bicyclic) bond motifs is 1. The lowest BCUT2D eigenvalue weighted by Gasteiger charge is -2.04. The number of carbonyl (C=O) groups is 1. The summed E-state index contributed by atoms with van der Waals surface area (Å²) >= 11 is 6.11. The van der Waals surface area contributed by atoms with Crippen molar-refractivity contribution in [1.29, 1.82) is 0 Å². The van der Waals surface area contributed by atoms with Gasteiger partial charge >= 0.3 is 0 Å². The molecule has 3 nitrogen and oxygen atoms in total. The van der Waals surface area contributed by atoms with Crippen molar-refractivity contribution in [1.82, 2.24) is 4.98 Å². The second-order valence-corrected chi connectivity index (χ2v) is 5.23. The largest absolute Gasteiger partial charge is 0.399 e. The third-order valence-electron chi connectivity index (χ3n) is 3.32. The van der Waals surface area contributed by atoms with Crippen molar-refractivity contribution in [3.8, 4) is 0 Å². The fraction of sp³-hybridized carbons (Fsp3) is 0.0625. The van der Waals surface area contributed by atoms with Gasteiger partial charge in [-0.1, -0.05) is 23.7 Å². The zero-order valence-electron chi connectivity index (χ0n) is 10.9. The number of hydrogen-bond donors (Lipinski definition) is 2. The molecule has 4 heteroatoms. The Balaban J connectivity index is 2.13. The minimum absolute atomic E-state index is 0.106. The van der Waals surface area contributed by atoms with E-state index in [0.29, 0.717) is 21.8 Å². The van der Waals surface area contributed by atoms with Gasteiger partial charge in [-0.3, -0.25) is 4.79 Å². The number of aromatic amines is 1. The van der Waals surface area contributed by atoms with Gasteiger partial charge in [0.05, 0.1) is 5.02 Å². The first-order valence-corrected chi connectivity index (χ1v) is 6.61. The van der Waals surface area contributed by atoms with E-state index in [9.17, 15) is 4.79 Å². The summed E-state index contributed by atoms with van der Waals surface area (Å²) in [6.45, 7) is 2.01. The highest BCUT2D eigenvalue weighted by Crippen LogP contribution is 2.26. The van der Waals surface area contributed by atoms with E-state index >= 15 is 0 Å². The lowest BCUT2D eigenvalue weighted by Crippen LogP contribution is -2.02. The Morgan fingerprint density at radius 1 is 1.15 bits per heavy atom. The Bertz CT molecular complexity index is 820. The van der Waals surface area contributed by atoms with Gasteiger partial charge in [-0.2, -0.15) is 0 Å². The standard InChI is InChI=1S/C16H13ClN2O/c1-9-2-4-11-13(8-19-15(11)6-9)16(20)12-5-3-10(18)7-14(12)17/h2-8,19H,18H2,1H3. The van der Waals surface area contributed by atoms with E-state index in [1.54, 1.807) is 24.4 Å². The fourth-order valence-corrected chi connectivity index (χ4v) is 2.56. The van der Waals surface area contributed by atoms with Gasteiger partial charge in [0.1, 0.15) is 0 Å². The molecule has 3 aromatic rings. The van der Waals surface area contributed by atoms with Crippen LogP contribution in [0.4, 0.5) is 5.69 Å². The number of ketones is 1. The predicted octanol–water partition coefficient (Wildman–Crippen LogP) is 3.94. The highest BCUT2D eigenvalue weighted by atomic mass is 35.5. The molecule has 20 heavy (non-hydrogen) atoms. The minimum Gasteiger partial charge on any atom is -0.399 e. The monoisotopic (exact) mass is 284 g/mol. The summed E-state index contributed by atoms with van der Waals surface area (Å²) in [5, 5.41) is 1.27. The molecule has 2 aromatic carbocycles. The molecule has 0 bridgehead atoms. The van der Waals surface area contributed by atoms with Gasteiger partial charge in [-0.25, -0.2) is 0 Å². The van der Waals surface area contributed by atoms with Crippen molar-refractivity contribution in [3.05, 3.63) is 64.3 Å². The van der Waals surface area contributed by atoms with Crippen molar-refractivity contribution < 1.29 is 4.79 Å². The zero-order chi connectivity index (χ0) is 14.3. The van der Waals surface area contributed by atoms with Crippen LogP contribution < -0.4 is 5.73 Å². The van der Waals surface area contributed by atoms with Gasteiger partial charge in [-0.15, -0.1) is 0 Å². The van der Waals surface area contributed by atoms with Gasteiger partial charge in [0, 0.05) is 33.9 Å². The first-order valence-electron chi connectivity index (χ1n) is 6.24. The highest BCUT2D eigenvalue weighted by Gasteiger charge is 2.16.